The highest BCUT2D eigenvalue weighted by molar-refractivity contribution is 5.99. The summed E-state index contributed by atoms with van der Waals surface area (Å²) in [7, 11) is 1.58. The van der Waals surface area contributed by atoms with Crippen LogP contribution in [0.3, 0.4) is 0 Å². The molecule has 0 saturated heterocycles. The highest BCUT2D eigenvalue weighted by Crippen LogP contribution is 2.17. The van der Waals surface area contributed by atoms with Gasteiger partial charge in [0.2, 0.25) is 5.91 Å². The lowest BCUT2D eigenvalue weighted by Crippen LogP contribution is -2.44. The summed E-state index contributed by atoms with van der Waals surface area (Å²) in [4.78, 5) is 29.8. The van der Waals surface area contributed by atoms with Gasteiger partial charge >= 0.3 is 0 Å². The molecule has 1 aromatic carbocycles. The monoisotopic (exact) mass is 430 g/mol. The first-order valence-corrected chi connectivity index (χ1v) is 10.8. The SMILES string of the molecule is CCN(CC)CCCC(C)N(CC(=O)Nc1cc(C)on1)C(=O)c1ccc(OC)cc1. The predicted molar refractivity (Wildman–Crippen MR) is 120 cm³/mol. The summed E-state index contributed by atoms with van der Waals surface area (Å²) in [6, 6.07) is 8.46. The van der Waals surface area contributed by atoms with E-state index in [1.54, 1.807) is 49.3 Å². The Kier molecular flexibility index (Phi) is 9.52. The first-order valence-electron chi connectivity index (χ1n) is 10.8. The Morgan fingerprint density at radius 3 is 2.42 bits per heavy atom. The number of hydrogen-bond acceptors (Lipinski definition) is 6. The molecule has 8 heteroatoms. The van der Waals surface area contributed by atoms with E-state index in [9.17, 15) is 9.59 Å². The van der Waals surface area contributed by atoms with Crippen LogP contribution in [0.1, 0.15) is 49.7 Å². The van der Waals surface area contributed by atoms with Crippen molar-refractivity contribution in [1.82, 2.24) is 15.0 Å². The molecule has 31 heavy (non-hydrogen) atoms. The smallest absolute Gasteiger partial charge is 0.254 e. The fourth-order valence-corrected chi connectivity index (χ4v) is 3.40. The van der Waals surface area contributed by atoms with Crippen molar-refractivity contribution in [2.75, 3.05) is 38.6 Å². The molecule has 1 N–H and O–H groups in total. The maximum absolute atomic E-state index is 13.2. The van der Waals surface area contributed by atoms with E-state index in [1.807, 2.05) is 6.92 Å². The van der Waals surface area contributed by atoms with Crippen LogP contribution in [0.2, 0.25) is 0 Å². The number of aryl methyl sites for hydroxylation is 1. The lowest BCUT2D eigenvalue weighted by atomic mass is 10.1. The standard InChI is InChI=1S/C23H34N4O4/c1-6-26(7-2)14-8-9-17(3)27(16-22(28)24-21-15-18(4)31-25-21)23(29)19-10-12-20(30-5)13-11-19/h10-13,15,17H,6-9,14,16H2,1-5H3,(H,24,25,28). The summed E-state index contributed by atoms with van der Waals surface area (Å²) in [6.45, 7) is 10.9. The molecule has 1 atom stereocenters. The van der Waals surface area contributed by atoms with Gasteiger partial charge in [-0.05, 0) is 70.6 Å². The number of ether oxygens (including phenoxy) is 1. The Labute approximate surface area is 184 Å². The fourth-order valence-electron chi connectivity index (χ4n) is 3.40. The van der Waals surface area contributed by atoms with Crippen LogP contribution in [-0.2, 0) is 4.79 Å². The maximum Gasteiger partial charge on any atom is 0.254 e. The van der Waals surface area contributed by atoms with E-state index >= 15 is 0 Å². The topological polar surface area (TPSA) is 87.9 Å². The molecule has 0 radical (unpaired) electrons. The van der Waals surface area contributed by atoms with E-state index in [0.29, 0.717) is 22.9 Å². The van der Waals surface area contributed by atoms with Gasteiger partial charge in [0, 0.05) is 17.7 Å². The molecule has 0 fully saturated rings. The molecule has 0 bridgehead atoms. The summed E-state index contributed by atoms with van der Waals surface area (Å²) in [5.74, 6) is 1.12. The van der Waals surface area contributed by atoms with Gasteiger partial charge in [0.25, 0.3) is 5.91 Å². The Morgan fingerprint density at radius 1 is 1.19 bits per heavy atom. The van der Waals surface area contributed by atoms with Gasteiger partial charge in [-0.3, -0.25) is 9.59 Å². The van der Waals surface area contributed by atoms with Crippen LogP contribution in [0, 0.1) is 6.92 Å². The minimum atomic E-state index is -0.314. The quantitative estimate of drug-likeness (QED) is 0.554. The third-order valence-corrected chi connectivity index (χ3v) is 5.33. The third-order valence-electron chi connectivity index (χ3n) is 5.33. The average Bonchev–Trinajstić information content (AvgIpc) is 3.18. The second kappa shape index (κ2) is 12.1. The zero-order valence-electron chi connectivity index (χ0n) is 19.2. The number of carbonyl (C=O) groups is 2. The van der Waals surface area contributed by atoms with Gasteiger partial charge in [-0.25, -0.2) is 0 Å². The maximum atomic E-state index is 13.2. The van der Waals surface area contributed by atoms with Gasteiger partial charge in [0.05, 0.1) is 7.11 Å². The second-order valence-corrected chi connectivity index (χ2v) is 7.55. The normalized spacial score (nSPS) is 11.9. The minimum Gasteiger partial charge on any atom is -0.497 e. The van der Waals surface area contributed by atoms with E-state index in [0.717, 1.165) is 32.5 Å². The average molecular weight is 431 g/mol. The van der Waals surface area contributed by atoms with E-state index in [4.69, 9.17) is 9.26 Å². The van der Waals surface area contributed by atoms with Crippen LogP contribution in [0.5, 0.6) is 5.75 Å². The van der Waals surface area contributed by atoms with Gasteiger partial charge in [-0.15, -0.1) is 0 Å². The first-order chi connectivity index (χ1) is 14.9. The molecule has 2 amide bonds. The van der Waals surface area contributed by atoms with Crippen molar-refractivity contribution in [3.63, 3.8) is 0 Å². The summed E-state index contributed by atoms with van der Waals surface area (Å²) >= 11 is 0. The molecule has 8 nitrogen and oxygen atoms in total. The van der Waals surface area contributed by atoms with Crippen LogP contribution in [0.15, 0.2) is 34.9 Å². The van der Waals surface area contributed by atoms with Crippen molar-refractivity contribution in [2.24, 2.45) is 0 Å². The van der Waals surface area contributed by atoms with Crippen LogP contribution in [0.4, 0.5) is 5.82 Å². The summed E-state index contributed by atoms with van der Waals surface area (Å²) in [6.07, 6.45) is 1.74. The number of amides is 2. The summed E-state index contributed by atoms with van der Waals surface area (Å²) in [5, 5.41) is 6.49. The highest BCUT2D eigenvalue weighted by Gasteiger charge is 2.24. The van der Waals surface area contributed by atoms with Gasteiger partial charge in [-0.1, -0.05) is 19.0 Å². The number of rotatable bonds is 12. The van der Waals surface area contributed by atoms with Gasteiger partial charge in [0.1, 0.15) is 18.1 Å². The molecule has 1 heterocycles. The number of methoxy groups -OCH3 is 1. The number of benzene rings is 1. The van der Waals surface area contributed by atoms with Gasteiger partial charge in [0.15, 0.2) is 5.82 Å². The summed E-state index contributed by atoms with van der Waals surface area (Å²) < 4.78 is 10.2. The van der Waals surface area contributed by atoms with E-state index in [-0.39, 0.29) is 24.4 Å². The number of hydrogen-bond donors (Lipinski definition) is 1. The Balaban J connectivity index is 2.10. The molecular formula is C23H34N4O4. The Bertz CT molecular complexity index is 830. The number of aromatic nitrogens is 1. The fraction of sp³-hybridized carbons (Fsp3) is 0.522. The molecule has 0 aliphatic rings. The first kappa shape index (κ1) is 24.4. The number of anilines is 1. The van der Waals surface area contributed by atoms with Crippen molar-refractivity contribution in [2.45, 2.75) is 46.6 Å². The molecule has 1 unspecified atom stereocenters. The number of nitrogens with one attached hydrogen (secondary N) is 1. The van der Waals surface area contributed by atoms with E-state index < -0.39 is 0 Å². The molecule has 170 valence electrons. The molecule has 0 aliphatic carbocycles. The zero-order chi connectivity index (χ0) is 22.8. The number of carbonyl (C=O) groups excluding carboxylic acids is 2. The van der Waals surface area contributed by atoms with Crippen molar-refractivity contribution >= 4 is 17.6 Å². The molecule has 2 aromatic rings. The molecule has 0 saturated carbocycles. The lowest BCUT2D eigenvalue weighted by molar-refractivity contribution is -0.117. The van der Waals surface area contributed by atoms with E-state index in [1.165, 1.54) is 0 Å². The Hall–Kier alpha value is -2.87. The molecular weight excluding hydrogens is 396 g/mol. The van der Waals surface area contributed by atoms with Crippen LogP contribution in [0.25, 0.3) is 0 Å². The lowest BCUT2D eigenvalue weighted by Gasteiger charge is -2.29. The largest absolute Gasteiger partial charge is 0.497 e. The van der Waals surface area contributed by atoms with Gasteiger partial charge < -0.3 is 24.4 Å². The van der Waals surface area contributed by atoms with E-state index in [2.05, 4.69) is 29.2 Å². The van der Waals surface area contributed by atoms with Crippen molar-refractivity contribution in [3.8, 4) is 5.75 Å². The van der Waals surface area contributed by atoms with Crippen molar-refractivity contribution in [1.29, 1.82) is 0 Å². The van der Waals surface area contributed by atoms with Crippen LogP contribution < -0.4 is 10.1 Å². The Morgan fingerprint density at radius 2 is 1.87 bits per heavy atom. The zero-order valence-corrected chi connectivity index (χ0v) is 19.2. The van der Waals surface area contributed by atoms with Crippen molar-refractivity contribution < 1.29 is 18.8 Å². The second-order valence-electron chi connectivity index (χ2n) is 7.55. The summed E-state index contributed by atoms with van der Waals surface area (Å²) in [5.41, 5.74) is 0.515. The van der Waals surface area contributed by atoms with Crippen molar-refractivity contribution in [3.05, 3.63) is 41.7 Å². The molecule has 2 rings (SSSR count). The molecule has 1 aromatic heterocycles. The van der Waals surface area contributed by atoms with Crippen LogP contribution >= 0.6 is 0 Å². The number of nitrogens with zero attached hydrogens (tertiary/aromatic N) is 3. The minimum absolute atomic E-state index is 0.0663. The van der Waals surface area contributed by atoms with Crippen LogP contribution in [-0.4, -0.2) is 66.1 Å². The highest BCUT2D eigenvalue weighted by atomic mass is 16.5. The van der Waals surface area contributed by atoms with Gasteiger partial charge in [-0.2, -0.15) is 0 Å². The molecule has 0 aliphatic heterocycles. The predicted octanol–water partition coefficient (Wildman–Crippen LogP) is 3.58. The third kappa shape index (κ3) is 7.40. The molecule has 0 spiro atoms.